The van der Waals surface area contributed by atoms with Gasteiger partial charge in [0.15, 0.2) is 11.5 Å². The summed E-state index contributed by atoms with van der Waals surface area (Å²) in [4.78, 5) is 12.2. The van der Waals surface area contributed by atoms with Crippen molar-refractivity contribution in [2.24, 2.45) is 11.3 Å². The zero-order chi connectivity index (χ0) is 21.3. The lowest BCUT2D eigenvalue weighted by molar-refractivity contribution is -0.127. The number of nitrogens with zero attached hydrogens (tertiary/aromatic N) is 4. The summed E-state index contributed by atoms with van der Waals surface area (Å²) in [6, 6.07) is 7.31. The average molecular weight is 435 g/mol. The second-order valence-corrected chi connectivity index (χ2v) is 10.0. The standard InChI is InChI=1S/C24H27FN6O/c25-18-4-1-15(2-5-18)20-21(16-3-6-19-17(9-16)10-27-29-19)31-8-7-26-22(23(31)28-20)30-11-24(12-30)13-32-14-24/h1-2,4-5,7-8,16-17,19,27,29H,3,6,9-14H2. The molecular formula is C24H27FN6O. The number of hydrazine groups is 1. The molecule has 2 N–H and O–H groups in total. The Morgan fingerprint density at radius 2 is 1.97 bits per heavy atom. The molecule has 1 aromatic carbocycles. The normalized spacial score (nSPS) is 28.5. The number of imidazole rings is 1. The van der Waals surface area contributed by atoms with Crippen LogP contribution in [0.3, 0.4) is 0 Å². The summed E-state index contributed by atoms with van der Waals surface area (Å²) >= 11 is 0. The van der Waals surface area contributed by atoms with Gasteiger partial charge in [0.1, 0.15) is 5.82 Å². The van der Waals surface area contributed by atoms with Crippen LogP contribution in [-0.4, -0.2) is 53.3 Å². The van der Waals surface area contributed by atoms with Gasteiger partial charge in [0.25, 0.3) is 0 Å². The maximum Gasteiger partial charge on any atom is 0.181 e. The van der Waals surface area contributed by atoms with E-state index < -0.39 is 0 Å². The zero-order valence-corrected chi connectivity index (χ0v) is 17.9. The van der Waals surface area contributed by atoms with E-state index in [-0.39, 0.29) is 5.82 Å². The Morgan fingerprint density at radius 3 is 2.75 bits per heavy atom. The number of fused-ring (bicyclic) bond motifs is 2. The van der Waals surface area contributed by atoms with Crippen LogP contribution < -0.4 is 15.8 Å². The Morgan fingerprint density at radius 1 is 1.12 bits per heavy atom. The highest BCUT2D eigenvalue weighted by molar-refractivity contribution is 5.74. The van der Waals surface area contributed by atoms with Crippen LogP contribution in [-0.2, 0) is 4.74 Å². The van der Waals surface area contributed by atoms with Crippen LogP contribution in [0.25, 0.3) is 16.9 Å². The van der Waals surface area contributed by atoms with Crippen molar-refractivity contribution in [3.05, 3.63) is 48.2 Å². The first-order chi connectivity index (χ1) is 15.7. The number of halogens is 1. The van der Waals surface area contributed by atoms with Crippen LogP contribution in [0.2, 0.25) is 0 Å². The summed E-state index contributed by atoms with van der Waals surface area (Å²) in [7, 11) is 0. The van der Waals surface area contributed by atoms with Gasteiger partial charge in [0.05, 0.1) is 30.0 Å². The van der Waals surface area contributed by atoms with Crippen molar-refractivity contribution in [3.63, 3.8) is 0 Å². The fourth-order valence-electron chi connectivity index (χ4n) is 6.15. The molecule has 2 aromatic heterocycles. The zero-order valence-electron chi connectivity index (χ0n) is 17.9. The van der Waals surface area contributed by atoms with Crippen LogP contribution >= 0.6 is 0 Å². The maximum atomic E-state index is 13.7. The minimum Gasteiger partial charge on any atom is -0.380 e. The molecule has 7 rings (SSSR count). The van der Waals surface area contributed by atoms with E-state index in [4.69, 9.17) is 14.7 Å². The fraction of sp³-hybridized carbons (Fsp3) is 0.500. The number of hydrogen-bond donors (Lipinski definition) is 2. The van der Waals surface area contributed by atoms with Gasteiger partial charge in [-0.3, -0.25) is 15.3 Å². The van der Waals surface area contributed by atoms with Gasteiger partial charge in [-0.1, -0.05) is 0 Å². The molecule has 1 saturated carbocycles. The number of nitrogens with one attached hydrogen (secondary N) is 2. The number of anilines is 1. The number of hydrogen-bond acceptors (Lipinski definition) is 6. The highest BCUT2D eigenvalue weighted by atomic mass is 19.1. The summed E-state index contributed by atoms with van der Waals surface area (Å²) < 4.78 is 21.4. The molecular weight excluding hydrogens is 407 g/mol. The highest BCUT2D eigenvalue weighted by Crippen LogP contribution is 2.44. The summed E-state index contributed by atoms with van der Waals surface area (Å²) in [5, 5.41) is 0. The molecule has 3 unspecified atom stereocenters. The van der Waals surface area contributed by atoms with E-state index in [9.17, 15) is 4.39 Å². The van der Waals surface area contributed by atoms with Crippen molar-refractivity contribution in [3.8, 4) is 11.3 Å². The summed E-state index contributed by atoms with van der Waals surface area (Å²) in [5.74, 6) is 1.75. The molecule has 0 bridgehead atoms. The average Bonchev–Trinajstić information content (AvgIpc) is 3.36. The third-order valence-corrected chi connectivity index (χ3v) is 7.87. The van der Waals surface area contributed by atoms with E-state index >= 15 is 0 Å². The van der Waals surface area contributed by atoms with Crippen LogP contribution in [0.4, 0.5) is 10.2 Å². The van der Waals surface area contributed by atoms with Gasteiger partial charge >= 0.3 is 0 Å². The van der Waals surface area contributed by atoms with Crippen LogP contribution in [0.1, 0.15) is 30.9 Å². The quantitative estimate of drug-likeness (QED) is 0.661. The van der Waals surface area contributed by atoms with Crippen molar-refractivity contribution >= 4 is 11.5 Å². The molecule has 0 radical (unpaired) electrons. The molecule has 4 fully saturated rings. The Kier molecular flexibility index (Phi) is 4.13. The first-order valence-electron chi connectivity index (χ1n) is 11.6. The number of ether oxygens (including phenoxy) is 1. The van der Waals surface area contributed by atoms with Crippen molar-refractivity contribution < 1.29 is 9.13 Å². The van der Waals surface area contributed by atoms with E-state index in [2.05, 4.69) is 20.2 Å². The van der Waals surface area contributed by atoms with Crippen LogP contribution in [0.15, 0.2) is 36.7 Å². The molecule has 0 amide bonds. The van der Waals surface area contributed by atoms with Crippen molar-refractivity contribution in [2.45, 2.75) is 31.2 Å². The second-order valence-electron chi connectivity index (χ2n) is 10.0. The molecule has 4 aliphatic rings. The van der Waals surface area contributed by atoms with Gasteiger partial charge in [-0.2, -0.15) is 0 Å². The van der Waals surface area contributed by atoms with Gasteiger partial charge in [0.2, 0.25) is 0 Å². The molecule has 3 atom stereocenters. The second kappa shape index (κ2) is 6.97. The molecule has 3 aromatic rings. The highest BCUT2D eigenvalue weighted by Gasteiger charge is 2.50. The predicted molar refractivity (Wildman–Crippen MR) is 119 cm³/mol. The lowest BCUT2D eigenvalue weighted by Crippen LogP contribution is -2.66. The van der Waals surface area contributed by atoms with Gasteiger partial charge in [-0.15, -0.1) is 0 Å². The minimum absolute atomic E-state index is 0.223. The fourth-order valence-corrected chi connectivity index (χ4v) is 6.15. The van der Waals surface area contributed by atoms with E-state index in [1.54, 1.807) is 0 Å². The Labute approximate surface area is 186 Å². The third-order valence-electron chi connectivity index (χ3n) is 7.87. The molecule has 1 aliphatic carbocycles. The SMILES string of the molecule is Fc1ccc(-c2nc3c(N4CC5(COC5)C4)nccn3c2C2CCC3NNCC3C2)cc1. The largest absolute Gasteiger partial charge is 0.380 e. The van der Waals surface area contributed by atoms with Gasteiger partial charge in [0, 0.05) is 49.6 Å². The Bertz CT molecular complexity index is 1170. The van der Waals surface area contributed by atoms with E-state index in [1.165, 1.54) is 17.8 Å². The van der Waals surface area contributed by atoms with Gasteiger partial charge < -0.3 is 9.64 Å². The molecule has 166 valence electrons. The van der Waals surface area contributed by atoms with Crippen LogP contribution in [0, 0.1) is 17.2 Å². The molecule has 32 heavy (non-hydrogen) atoms. The van der Waals surface area contributed by atoms with Crippen molar-refractivity contribution in [2.75, 3.05) is 37.7 Å². The molecule has 8 heteroatoms. The first kappa shape index (κ1) is 19.0. The lowest BCUT2D eigenvalue weighted by atomic mass is 9.77. The summed E-state index contributed by atoms with van der Waals surface area (Å²) in [6.07, 6.45) is 7.32. The molecule has 3 saturated heterocycles. The van der Waals surface area contributed by atoms with E-state index in [0.717, 1.165) is 74.8 Å². The summed E-state index contributed by atoms with van der Waals surface area (Å²) in [5.41, 5.74) is 11.1. The summed E-state index contributed by atoms with van der Waals surface area (Å²) in [6.45, 7) is 4.64. The monoisotopic (exact) mass is 434 g/mol. The van der Waals surface area contributed by atoms with Gasteiger partial charge in [-0.05, 0) is 49.4 Å². The van der Waals surface area contributed by atoms with Crippen molar-refractivity contribution in [1.82, 2.24) is 25.2 Å². The topological polar surface area (TPSA) is 66.7 Å². The van der Waals surface area contributed by atoms with Crippen LogP contribution in [0.5, 0.6) is 0 Å². The first-order valence-corrected chi connectivity index (χ1v) is 11.6. The number of rotatable bonds is 3. The number of benzene rings is 1. The van der Waals surface area contributed by atoms with E-state index in [0.29, 0.717) is 23.3 Å². The molecule has 3 aliphatic heterocycles. The molecule has 7 nitrogen and oxygen atoms in total. The smallest absolute Gasteiger partial charge is 0.181 e. The maximum absolute atomic E-state index is 13.7. The van der Waals surface area contributed by atoms with E-state index in [1.807, 2.05) is 24.5 Å². The predicted octanol–water partition coefficient (Wildman–Crippen LogP) is 2.73. The molecule has 5 heterocycles. The third kappa shape index (κ3) is 2.82. The van der Waals surface area contributed by atoms with Crippen molar-refractivity contribution in [1.29, 1.82) is 0 Å². The molecule has 1 spiro atoms. The lowest BCUT2D eigenvalue weighted by Gasteiger charge is -2.55. The Balaban J connectivity index is 1.33. The van der Waals surface area contributed by atoms with Gasteiger partial charge in [-0.25, -0.2) is 14.4 Å². The Hall–Kier alpha value is -2.55. The minimum atomic E-state index is -0.223. The number of aromatic nitrogens is 3.